The van der Waals surface area contributed by atoms with Gasteiger partial charge in [0.2, 0.25) is 15.9 Å². The van der Waals surface area contributed by atoms with E-state index in [1.54, 1.807) is 29.2 Å². The molecule has 2 amide bonds. The standard InChI is InChI=1S/C36H46N6O5S/c1-7-34(43)40-14-13-29(23-40)42(8-2)33-21-28(27-9-11-30(12-10-27)48(46,47)41-17-15-39(6)16-18-41)20-31(26(33)5)35(44)37-22-32-24(3)19-25(4)38-36(32)45/h7,9-12,19-21,29H,1,8,13-18,22-23H2,2-6H3,(H,37,44)(H,38,45). The summed E-state index contributed by atoms with van der Waals surface area (Å²) in [5, 5.41) is 2.96. The molecule has 11 nitrogen and oxygen atoms in total. The van der Waals surface area contributed by atoms with E-state index < -0.39 is 10.0 Å². The summed E-state index contributed by atoms with van der Waals surface area (Å²) in [7, 11) is -1.66. The zero-order chi connectivity index (χ0) is 34.7. The molecule has 2 aliphatic rings. The molecule has 3 aromatic rings. The second kappa shape index (κ2) is 14.5. The number of aryl methyl sites for hydroxylation is 2. The molecule has 0 spiro atoms. The Labute approximate surface area is 283 Å². The predicted octanol–water partition coefficient (Wildman–Crippen LogP) is 3.45. The quantitative estimate of drug-likeness (QED) is 0.316. The Morgan fingerprint density at radius 1 is 1.02 bits per heavy atom. The molecule has 2 aromatic carbocycles. The van der Waals surface area contributed by atoms with E-state index in [4.69, 9.17) is 0 Å². The van der Waals surface area contributed by atoms with Crippen molar-refractivity contribution < 1.29 is 18.0 Å². The number of sulfonamides is 1. The third-order valence-electron chi connectivity index (χ3n) is 9.57. The minimum atomic E-state index is -3.64. The molecule has 2 aliphatic heterocycles. The third kappa shape index (κ3) is 7.25. The average molecular weight is 675 g/mol. The number of rotatable bonds is 10. The first kappa shape index (κ1) is 35.1. The third-order valence-corrected chi connectivity index (χ3v) is 11.5. The second-order valence-corrected chi connectivity index (χ2v) is 14.7. The zero-order valence-electron chi connectivity index (χ0n) is 28.5. The van der Waals surface area contributed by atoms with Crippen LogP contribution in [0, 0.1) is 20.8 Å². The minimum Gasteiger partial charge on any atom is -0.367 e. The summed E-state index contributed by atoms with van der Waals surface area (Å²) in [6.07, 6.45) is 2.11. The molecule has 3 heterocycles. The monoisotopic (exact) mass is 674 g/mol. The van der Waals surface area contributed by atoms with Gasteiger partial charge in [-0.15, -0.1) is 0 Å². The highest BCUT2D eigenvalue weighted by Gasteiger charge is 2.31. The van der Waals surface area contributed by atoms with Crippen molar-refractivity contribution in [3.63, 3.8) is 0 Å². The summed E-state index contributed by atoms with van der Waals surface area (Å²) in [6.45, 7) is 15.4. The number of benzene rings is 2. The first-order chi connectivity index (χ1) is 22.8. The summed E-state index contributed by atoms with van der Waals surface area (Å²) >= 11 is 0. The van der Waals surface area contributed by atoms with E-state index in [0.29, 0.717) is 56.9 Å². The largest absolute Gasteiger partial charge is 0.367 e. The number of likely N-dealkylation sites (tertiary alicyclic amines) is 1. The number of aromatic nitrogens is 1. The highest BCUT2D eigenvalue weighted by molar-refractivity contribution is 7.89. The van der Waals surface area contributed by atoms with E-state index in [9.17, 15) is 22.8 Å². The fourth-order valence-corrected chi connectivity index (χ4v) is 8.13. The zero-order valence-corrected chi connectivity index (χ0v) is 29.3. The molecule has 0 bridgehead atoms. The Morgan fingerprint density at radius 2 is 1.71 bits per heavy atom. The number of amides is 2. The van der Waals surface area contributed by atoms with Gasteiger partial charge in [-0.1, -0.05) is 18.7 Å². The van der Waals surface area contributed by atoms with E-state index in [1.165, 1.54) is 10.4 Å². The number of carbonyl (C=O) groups excluding carboxylic acids is 2. The van der Waals surface area contributed by atoms with Crippen molar-refractivity contribution in [3.05, 3.63) is 93.4 Å². The number of anilines is 1. The van der Waals surface area contributed by atoms with Crippen LogP contribution in [0.5, 0.6) is 0 Å². The second-order valence-electron chi connectivity index (χ2n) is 12.7. The van der Waals surface area contributed by atoms with Crippen LogP contribution in [-0.4, -0.2) is 98.2 Å². The van der Waals surface area contributed by atoms with E-state index >= 15 is 0 Å². The molecule has 1 aromatic heterocycles. The maximum absolute atomic E-state index is 13.9. The van der Waals surface area contributed by atoms with Crippen molar-refractivity contribution >= 4 is 27.5 Å². The van der Waals surface area contributed by atoms with Crippen molar-refractivity contribution in [1.82, 2.24) is 24.4 Å². The molecule has 48 heavy (non-hydrogen) atoms. The van der Waals surface area contributed by atoms with E-state index in [1.807, 2.05) is 52.9 Å². The summed E-state index contributed by atoms with van der Waals surface area (Å²) < 4.78 is 28.3. The van der Waals surface area contributed by atoms with Gasteiger partial charge in [0, 0.05) is 80.9 Å². The highest BCUT2D eigenvalue weighted by atomic mass is 32.2. The van der Waals surface area contributed by atoms with E-state index in [0.717, 1.165) is 40.1 Å². The molecule has 0 aliphatic carbocycles. The van der Waals surface area contributed by atoms with Crippen molar-refractivity contribution in [2.45, 2.75) is 51.6 Å². The summed E-state index contributed by atoms with van der Waals surface area (Å²) in [6, 6.07) is 12.6. The van der Waals surface area contributed by atoms with Gasteiger partial charge >= 0.3 is 0 Å². The van der Waals surface area contributed by atoms with Gasteiger partial charge < -0.3 is 25.0 Å². The number of likely N-dealkylation sites (N-methyl/N-ethyl adjacent to an activating group) is 2. The minimum absolute atomic E-state index is 0.0358. The summed E-state index contributed by atoms with van der Waals surface area (Å²) in [4.78, 5) is 48.1. The Hall–Kier alpha value is -4.26. The normalized spacial score (nSPS) is 17.4. The van der Waals surface area contributed by atoms with Gasteiger partial charge in [0.15, 0.2) is 0 Å². The SMILES string of the molecule is C=CC(=O)N1CCC(N(CC)c2cc(-c3ccc(S(=O)(=O)N4CCN(C)CC4)cc3)cc(C(=O)NCc3c(C)cc(C)[nH]c3=O)c2C)C1. The molecule has 1 atom stereocenters. The van der Waals surface area contributed by atoms with Crippen LogP contribution in [0.4, 0.5) is 5.69 Å². The van der Waals surface area contributed by atoms with Gasteiger partial charge in [-0.25, -0.2) is 8.42 Å². The van der Waals surface area contributed by atoms with Crippen LogP contribution in [0.15, 0.2) is 64.8 Å². The molecule has 2 N–H and O–H groups in total. The Balaban J connectivity index is 1.51. The summed E-state index contributed by atoms with van der Waals surface area (Å²) in [5.74, 6) is -0.428. The van der Waals surface area contributed by atoms with E-state index in [-0.39, 0.29) is 34.9 Å². The van der Waals surface area contributed by atoms with Gasteiger partial charge in [0.25, 0.3) is 11.5 Å². The number of hydrogen-bond donors (Lipinski definition) is 2. The number of carbonyl (C=O) groups is 2. The van der Waals surface area contributed by atoms with Gasteiger partial charge in [-0.3, -0.25) is 14.4 Å². The molecule has 2 fully saturated rings. The topological polar surface area (TPSA) is 126 Å². The first-order valence-electron chi connectivity index (χ1n) is 16.4. The lowest BCUT2D eigenvalue weighted by molar-refractivity contribution is -0.125. The van der Waals surface area contributed by atoms with Crippen LogP contribution < -0.4 is 15.8 Å². The lowest BCUT2D eigenvalue weighted by Crippen LogP contribution is -2.46. The van der Waals surface area contributed by atoms with Crippen LogP contribution in [0.3, 0.4) is 0 Å². The molecule has 0 saturated carbocycles. The summed E-state index contributed by atoms with van der Waals surface area (Å²) in [5.41, 5.74) is 5.41. The smallest absolute Gasteiger partial charge is 0.253 e. The van der Waals surface area contributed by atoms with Crippen molar-refractivity contribution in [2.24, 2.45) is 0 Å². The molecular formula is C36H46N6O5S. The Kier molecular flexibility index (Phi) is 10.6. The predicted molar refractivity (Wildman–Crippen MR) is 189 cm³/mol. The maximum atomic E-state index is 13.9. The number of piperazine rings is 1. The van der Waals surface area contributed by atoms with Gasteiger partial charge in [-0.2, -0.15) is 4.31 Å². The Bertz CT molecular complexity index is 1860. The van der Waals surface area contributed by atoms with Crippen molar-refractivity contribution in [1.29, 1.82) is 0 Å². The molecule has 5 rings (SSSR count). The molecule has 0 radical (unpaired) electrons. The van der Waals surface area contributed by atoms with Gasteiger partial charge in [-0.05, 0) is 99.8 Å². The molecular weight excluding hydrogens is 629 g/mol. The van der Waals surface area contributed by atoms with Crippen molar-refractivity contribution in [2.75, 3.05) is 57.8 Å². The van der Waals surface area contributed by atoms with Crippen molar-refractivity contribution in [3.8, 4) is 11.1 Å². The fraction of sp³-hybridized carbons (Fsp3) is 0.417. The molecule has 256 valence electrons. The number of nitrogens with zero attached hydrogens (tertiary/aromatic N) is 4. The Morgan fingerprint density at radius 3 is 2.33 bits per heavy atom. The first-order valence-corrected chi connectivity index (χ1v) is 17.9. The molecule has 1 unspecified atom stereocenters. The average Bonchev–Trinajstić information content (AvgIpc) is 3.55. The number of aromatic amines is 1. The number of pyridine rings is 1. The molecule has 12 heteroatoms. The van der Waals surface area contributed by atoms with Crippen LogP contribution in [0.25, 0.3) is 11.1 Å². The van der Waals surface area contributed by atoms with Crippen LogP contribution in [-0.2, 0) is 21.4 Å². The van der Waals surface area contributed by atoms with E-state index in [2.05, 4.69) is 26.7 Å². The van der Waals surface area contributed by atoms with Gasteiger partial charge in [0.05, 0.1) is 4.90 Å². The molecule has 2 saturated heterocycles. The van der Waals surface area contributed by atoms with Crippen LogP contribution >= 0.6 is 0 Å². The lowest BCUT2D eigenvalue weighted by Gasteiger charge is -2.32. The highest BCUT2D eigenvalue weighted by Crippen LogP contribution is 2.34. The van der Waals surface area contributed by atoms with Gasteiger partial charge in [0.1, 0.15) is 0 Å². The van der Waals surface area contributed by atoms with Crippen LogP contribution in [0.2, 0.25) is 0 Å². The number of H-pyrrole nitrogens is 1. The maximum Gasteiger partial charge on any atom is 0.253 e. The number of nitrogens with one attached hydrogen (secondary N) is 2. The lowest BCUT2D eigenvalue weighted by atomic mass is 9.96. The number of hydrogen-bond acceptors (Lipinski definition) is 7. The fourth-order valence-electron chi connectivity index (χ4n) is 6.71. The van der Waals surface area contributed by atoms with Crippen LogP contribution in [0.1, 0.15) is 46.1 Å².